The van der Waals surface area contributed by atoms with E-state index in [1.54, 1.807) is 0 Å². The van der Waals surface area contributed by atoms with Gasteiger partial charge in [0, 0.05) is 19.6 Å². The highest BCUT2D eigenvalue weighted by molar-refractivity contribution is 5.70. The Morgan fingerprint density at radius 2 is 1.76 bits per heavy atom. The van der Waals surface area contributed by atoms with Gasteiger partial charge in [-0.1, -0.05) is 30.3 Å². The molecule has 2 aliphatic heterocycles. The minimum absolute atomic E-state index is 0.220. The van der Waals surface area contributed by atoms with Gasteiger partial charge in [-0.3, -0.25) is 9.80 Å². The van der Waals surface area contributed by atoms with E-state index in [4.69, 9.17) is 9.47 Å². The van der Waals surface area contributed by atoms with Crippen molar-refractivity contribution in [2.24, 2.45) is 0 Å². The number of hydrogen-bond donors (Lipinski definition) is 0. The van der Waals surface area contributed by atoms with Crippen molar-refractivity contribution in [3.05, 3.63) is 35.9 Å². The van der Waals surface area contributed by atoms with Gasteiger partial charge in [-0.15, -0.1) is 0 Å². The number of carbonyl (C=O) groups excluding carboxylic acids is 1. The number of nitrogens with zero attached hydrogens (tertiary/aromatic N) is 2. The van der Waals surface area contributed by atoms with Gasteiger partial charge in [-0.05, 0) is 45.6 Å². The Hall–Kier alpha value is -1.59. The van der Waals surface area contributed by atoms with E-state index in [0.29, 0.717) is 13.2 Å². The molecule has 2 fully saturated rings. The molecule has 138 valence electrons. The van der Waals surface area contributed by atoms with Gasteiger partial charge in [0.1, 0.15) is 11.3 Å². The van der Waals surface area contributed by atoms with Crippen molar-refractivity contribution < 1.29 is 14.3 Å². The average Bonchev–Trinajstić information content (AvgIpc) is 2.61. The topological polar surface area (TPSA) is 42.0 Å². The molecule has 0 saturated carbocycles. The fourth-order valence-corrected chi connectivity index (χ4v) is 3.97. The normalized spacial score (nSPS) is 25.6. The van der Waals surface area contributed by atoms with E-state index in [9.17, 15) is 4.79 Å². The molecule has 1 atom stereocenters. The summed E-state index contributed by atoms with van der Waals surface area (Å²) in [6.07, 6.45) is 2.82. The maximum atomic E-state index is 13.1. The molecule has 25 heavy (non-hydrogen) atoms. The first kappa shape index (κ1) is 18.2. The van der Waals surface area contributed by atoms with Crippen molar-refractivity contribution in [3.63, 3.8) is 0 Å². The number of carbonyl (C=O) groups is 1. The number of rotatable bonds is 2. The lowest BCUT2D eigenvalue weighted by Crippen LogP contribution is -2.64. The zero-order chi connectivity index (χ0) is 17.9. The van der Waals surface area contributed by atoms with Crippen LogP contribution in [0.25, 0.3) is 0 Å². The molecule has 1 aromatic carbocycles. The van der Waals surface area contributed by atoms with Crippen molar-refractivity contribution in [1.29, 1.82) is 0 Å². The monoisotopic (exact) mass is 346 g/mol. The minimum atomic E-state index is -0.498. The van der Waals surface area contributed by atoms with Crippen LogP contribution in [0.5, 0.6) is 0 Å². The second-order valence-corrected chi connectivity index (χ2v) is 7.87. The molecular formula is C20H30N2O3. The summed E-state index contributed by atoms with van der Waals surface area (Å²) in [5.41, 5.74) is 0.232. The molecule has 2 aliphatic rings. The number of likely N-dealkylation sites (tertiary alicyclic amines) is 1. The van der Waals surface area contributed by atoms with Crippen LogP contribution in [0.2, 0.25) is 0 Å². The van der Waals surface area contributed by atoms with E-state index in [1.807, 2.05) is 31.7 Å². The fourth-order valence-electron chi connectivity index (χ4n) is 3.97. The van der Waals surface area contributed by atoms with Crippen molar-refractivity contribution in [1.82, 2.24) is 9.80 Å². The van der Waals surface area contributed by atoms with E-state index in [2.05, 4.69) is 29.2 Å². The third-order valence-electron chi connectivity index (χ3n) is 4.99. The van der Waals surface area contributed by atoms with E-state index >= 15 is 0 Å². The summed E-state index contributed by atoms with van der Waals surface area (Å²) in [6, 6.07) is 10.4. The third kappa shape index (κ3) is 3.82. The van der Waals surface area contributed by atoms with Gasteiger partial charge in [0.05, 0.1) is 13.2 Å². The van der Waals surface area contributed by atoms with Crippen LogP contribution < -0.4 is 0 Å². The van der Waals surface area contributed by atoms with Gasteiger partial charge in [0.2, 0.25) is 0 Å². The summed E-state index contributed by atoms with van der Waals surface area (Å²) in [4.78, 5) is 17.5. The van der Waals surface area contributed by atoms with Crippen LogP contribution in [0, 0.1) is 0 Å². The highest BCUT2D eigenvalue weighted by Crippen LogP contribution is 2.42. The molecule has 5 nitrogen and oxygen atoms in total. The lowest BCUT2D eigenvalue weighted by atomic mass is 9.86. The molecule has 0 N–H and O–H groups in total. The SMILES string of the molecule is CC(C)(C)OC(=O)N1CCCC[C@]1(c1ccccc1)N1CCOCC1. The first-order chi connectivity index (χ1) is 11.9. The maximum Gasteiger partial charge on any atom is 0.412 e. The Morgan fingerprint density at radius 3 is 2.40 bits per heavy atom. The van der Waals surface area contributed by atoms with Crippen molar-refractivity contribution in [2.75, 3.05) is 32.8 Å². The van der Waals surface area contributed by atoms with E-state index in [-0.39, 0.29) is 6.09 Å². The molecule has 3 rings (SSSR count). The maximum absolute atomic E-state index is 13.1. The van der Waals surface area contributed by atoms with Crippen LogP contribution in [0.15, 0.2) is 30.3 Å². The molecular weight excluding hydrogens is 316 g/mol. The van der Waals surface area contributed by atoms with E-state index in [1.165, 1.54) is 5.56 Å². The highest BCUT2D eigenvalue weighted by Gasteiger charge is 2.49. The number of amides is 1. The summed E-state index contributed by atoms with van der Waals surface area (Å²) in [5, 5.41) is 0. The second kappa shape index (κ2) is 7.34. The smallest absolute Gasteiger partial charge is 0.412 e. The second-order valence-electron chi connectivity index (χ2n) is 7.87. The largest absolute Gasteiger partial charge is 0.444 e. The lowest BCUT2D eigenvalue weighted by Gasteiger charge is -2.54. The highest BCUT2D eigenvalue weighted by atomic mass is 16.6. The zero-order valence-electron chi connectivity index (χ0n) is 15.7. The molecule has 0 bridgehead atoms. The van der Waals surface area contributed by atoms with Crippen molar-refractivity contribution in [2.45, 2.75) is 51.3 Å². The number of morpholine rings is 1. The molecule has 0 unspecified atom stereocenters. The molecule has 5 heteroatoms. The summed E-state index contributed by atoms with van der Waals surface area (Å²) in [7, 11) is 0. The van der Waals surface area contributed by atoms with Gasteiger partial charge in [0.15, 0.2) is 0 Å². The summed E-state index contributed by atoms with van der Waals surface area (Å²) in [5.74, 6) is 0. The van der Waals surface area contributed by atoms with Crippen LogP contribution in [-0.2, 0) is 15.1 Å². The Labute approximate surface area is 150 Å². The van der Waals surface area contributed by atoms with Gasteiger partial charge >= 0.3 is 6.09 Å². The van der Waals surface area contributed by atoms with E-state index < -0.39 is 11.3 Å². The quantitative estimate of drug-likeness (QED) is 0.821. The van der Waals surface area contributed by atoms with Gasteiger partial charge < -0.3 is 9.47 Å². The van der Waals surface area contributed by atoms with Gasteiger partial charge in [-0.25, -0.2) is 4.79 Å². The van der Waals surface area contributed by atoms with E-state index in [0.717, 1.165) is 38.9 Å². The van der Waals surface area contributed by atoms with Crippen LogP contribution >= 0.6 is 0 Å². The minimum Gasteiger partial charge on any atom is -0.444 e. The Morgan fingerprint density at radius 1 is 1.08 bits per heavy atom. The van der Waals surface area contributed by atoms with Gasteiger partial charge in [0.25, 0.3) is 0 Å². The molecule has 0 aliphatic carbocycles. The number of piperidine rings is 1. The summed E-state index contributed by atoms with van der Waals surface area (Å²) < 4.78 is 11.3. The zero-order valence-corrected chi connectivity index (χ0v) is 15.7. The number of hydrogen-bond acceptors (Lipinski definition) is 4. The van der Waals surface area contributed by atoms with Crippen LogP contribution in [-0.4, -0.2) is 54.3 Å². The average molecular weight is 346 g/mol. The van der Waals surface area contributed by atoms with Crippen LogP contribution in [0.1, 0.15) is 45.6 Å². The molecule has 0 spiro atoms. The van der Waals surface area contributed by atoms with Crippen molar-refractivity contribution in [3.8, 4) is 0 Å². The summed E-state index contributed by atoms with van der Waals surface area (Å²) in [6.45, 7) is 9.56. The lowest BCUT2D eigenvalue weighted by molar-refractivity contribution is -0.122. The predicted octanol–water partition coefficient (Wildman–Crippen LogP) is 3.59. The number of ether oxygens (including phenoxy) is 2. The fraction of sp³-hybridized carbons (Fsp3) is 0.650. The first-order valence-electron chi connectivity index (χ1n) is 9.32. The molecule has 1 amide bonds. The Kier molecular flexibility index (Phi) is 5.35. The van der Waals surface area contributed by atoms with Crippen LogP contribution in [0.4, 0.5) is 4.79 Å². The predicted molar refractivity (Wildman–Crippen MR) is 97.3 cm³/mol. The molecule has 2 saturated heterocycles. The molecule has 0 radical (unpaired) electrons. The first-order valence-corrected chi connectivity index (χ1v) is 9.32. The van der Waals surface area contributed by atoms with Crippen LogP contribution in [0.3, 0.4) is 0 Å². The molecule has 1 aromatic rings. The van der Waals surface area contributed by atoms with Gasteiger partial charge in [-0.2, -0.15) is 0 Å². The van der Waals surface area contributed by atoms with Crippen molar-refractivity contribution >= 4 is 6.09 Å². The standard InChI is InChI=1S/C20H30N2O3/c1-19(2,3)25-18(23)22-12-8-7-11-20(22,17-9-5-4-6-10-17)21-13-15-24-16-14-21/h4-6,9-10H,7-8,11-16H2,1-3H3/t20-/m0/s1. The Bertz CT molecular complexity index is 578. The third-order valence-corrected chi connectivity index (χ3v) is 4.99. The molecule has 0 aromatic heterocycles. The Balaban J connectivity index is 2.01. The molecule has 2 heterocycles. The summed E-state index contributed by atoms with van der Waals surface area (Å²) >= 11 is 0. The number of benzene rings is 1.